The van der Waals surface area contributed by atoms with Crippen molar-refractivity contribution < 1.29 is 4.79 Å². The monoisotopic (exact) mass is 236 g/mol. The Balaban J connectivity index is 3.13. The van der Waals surface area contributed by atoms with E-state index in [0.29, 0.717) is 15.6 Å². The summed E-state index contributed by atoms with van der Waals surface area (Å²) >= 11 is 17.0. The highest BCUT2D eigenvalue weighted by Crippen LogP contribution is 2.27. The van der Waals surface area contributed by atoms with Crippen molar-refractivity contribution in [1.29, 1.82) is 0 Å². The van der Waals surface area contributed by atoms with E-state index < -0.39 is 5.24 Å². The quantitative estimate of drug-likeness (QED) is 0.718. The van der Waals surface area contributed by atoms with Crippen LogP contribution in [0.4, 0.5) is 0 Å². The van der Waals surface area contributed by atoms with Gasteiger partial charge in [0.1, 0.15) is 0 Å². The fraction of sp³-hybridized carbons (Fsp3) is 0.222. The average Bonchev–Trinajstić information content (AvgIpc) is 1.96. The molecule has 0 radical (unpaired) electrons. The van der Waals surface area contributed by atoms with E-state index in [2.05, 4.69) is 0 Å². The minimum Gasteiger partial charge on any atom is -0.281 e. The molecule has 0 heterocycles. The molecule has 1 nitrogen and oxygen atoms in total. The molecule has 0 spiro atoms. The number of carbonyl (C=O) groups excluding carboxylic acids is 1. The van der Waals surface area contributed by atoms with Crippen LogP contribution in [-0.2, 0) is 11.2 Å². The van der Waals surface area contributed by atoms with Gasteiger partial charge >= 0.3 is 0 Å². The van der Waals surface area contributed by atoms with Crippen LogP contribution in [0.2, 0.25) is 10.0 Å². The molecule has 0 aliphatic carbocycles. The highest BCUT2D eigenvalue weighted by atomic mass is 35.5. The van der Waals surface area contributed by atoms with Crippen molar-refractivity contribution >= 4 is 40.0 Å². The molecule has 0 bridgehead atoms. The van der Waals surface area contributed by atoms with Crippen LogP contribution in [0.5, 0.6) is 0 Å². The lowest BCUT2D eigenvalue weighted by molar-refractivity contribution is -0.111. The number of hydrogen-bond acceptors (Lipinski definition) is 1. The first-order valence-corrected chi connectivity index (χ1v) is 4.77. The van der Waals surface area contributed by atoms with Crippen LogP contribution in [0.1, 0.15) is 11.1 Å². The molecule has 4 heteroatoms. The van der Waals surface area contributed by atoms with Crippen molar-refractivity contribution in [2.75, 3.05) is 0 Å². The zero-order chi connectivity index (χ0) is 10.0. The smallest absolute Gasteiger partial charge is 0.226 e. The highest BCUT2D eigenvalue weighted by molar-refractivity contribution is 6.63. The van der Waals surface area contributed by atoms with E-state index in [4.69, 9.17) is 34.8 Å². The van der Waals surface area contributed by atoms with Crippen LogP contribution in [0.3, 0.4) is 0 Å². The van der Waals surface area contributed by atoms with Crippen LogP contribution in [-0.4, -0.2) is 5.24 Å². The second-order valence-corrected chi connectivity index (χ2v) is 3.97. The zero-order valence-electron chi connectivity index (χ0n) is 6.90. The number of carbonyl (C=O) groups is 1. The van der Waals surface area contributed by atoms with E-state index in [1.165, 1.54) is 0 Å². The Morgan fingerprint density at radius 3 is 2.15 bits per heavy atom. The molecule has 0 aliphatic rings. The van der Waals surface area contributed by atoms with Crippen molar-refractivity contribution in [2.45, 2.75) is 13.3 Å². The van der Waals surface area contributed by atoms with Gasteiger partial charge in [-0.05, 0) is 41.8 Å². The Morgan fingerprint density at radius 1 is 1.31 bits per heavy atom. The Kier molecular flexibility index (Phi) is 3.60. The Morgan fingerprint density at radius 2 is 1.77 bits per heavy atom. The molecule has 0 unspecified atom stereocenters. The third-order valence-electron chi connectivity index (χ3n) is 1.60. The second-order valence-electron chi connectivity index (χ2n) is 2.74. The van der Waals surface area contributed by atoms with Gasteiger partial charge in [-0.25, -0.2) is 0 Å². The van der Waals surface area contributed by atoms with Crippen LogP contribution in [0, 0.1) is 6.92 Å². The van der Waals surface area contributed by atoms with Crippen LogP contribution >= 0.6 is 34.8 Å². The molecular formula is C9H7Cl3O. The Hall–Kier alpha value is -0.240. The summed E-state index contributed by atoms with van der Waals surface area (Å²) in [5.74, 6) is 0. The molecule has 1 aromatic rings. The summed E-state index contributed by atoms with van der Waals surface area (Å²) in [5.41, 5.74) is 1.55. The minimum atomic E-state index is -0.465. The third kappa shape index (κ3) is 2.87. The number of halogens is 3. The summed E-state index contributed by atoms with van der Waals surface area (Å²) in [7, 11) is 0. The third-order valence-corrected chi connectivity index (χ3v) is 2.41. The van der Waals surface area contributed by atoms with E-state index in [1.54, 1.807) is 12.1 Å². The summed E-state index contributed by atoms with van der Waals surface area (Å²) in [6.07, 6.45) is 0.0690. The minimum absolute atomic E-state index is 0.0690. The molecule has 0 atom stereocenters. The van der Waals surface area contributed by atoms with E-state index in [-0.39, 0.29) is 6.42 Å². The first kappa shape index (κ1) is 10.8. The van der Waals surface area contributed by atoms with Crippen LogP contribution < -0.4 is 0 Å². The lowest BCUT2D eigenvalue weighted by Gasteiger charge is -2.05. The molecule has 0 saturated heterocycles. The van der Waals surface area contributed by atoms with Gasteiger partial charge in [-0.15, -0.1) is 0 Å². The van der Waals surface area contributed by atoms with Crippen LogP contribution in [0.25, 0.3) is 0 Å². The van der Waals surface area contributed by atoms with Gasteiger partial charge in [0.25, 0.3) is 0 Å². The number of aryl methyl sites for hydroxylation is 1. The topological polar surface area (TPSA) is 17.1 Å². The Bertz CT molecular complexity index is 324. The molecular weight excluding hydrogens is 230 g/mol. The molecule has 0 saturated carbocycles. The van der Waals surface area contributed by atoms with Gasteiger partial charge in [0.05, 0.1) is 0 Å². The molecule has 0 amide bonds. The normalized spacial score (nSPS) is 10.2. The zero-order valence-corrected chi connectivity index (χ0v) is 9.17. The first-order chi connectivity index (χ1) is 6.00. The van der Waals surface area contributed by atoms with Crippen molar-refractivity contribution in [3.8, 4) is 0 Å². The van der Waals surface area contributed by atoms with Crippen molar-refractivity contribution in [1.82, 2.24) is 0 Å². The summed E-state index contributed by atoms with van der Waals surface area (Å²) in [4.78, 5) is 10.7. The fourth-order valence-electron chi connectivity index (χ4n) is 1.04. The van der Waals surface area contributed by atoms with Gasteiger partial charge in [-0.2, -0.15) is 0 Å². The predicted octanol–water partition coefficient (Wildman–Crippen LogP) is 3.61. The molecule has 0 fully saturated rings. The average molecular weight is 238 g/mol. The Labute approximate surface area is 91.6 Å². The second kappa shape index (κ2) is 4.32. The van der Waals surface area contributed by atoms with E-state index in [9.17, 15) is 4.79 Å². The molecule has 13 heavy (non-hydrogen) atoms. The van der Waals surface area contributed by atoms with Crippen molar-refractivity contribution in [3.05, 3.63) is 33.3 Å². The van der Waals surface area contributed by atoms with Gasteiger partial charge in [-0.1, -0.05) is 23.2 Å². The maximum atomic E-state index is 10.7. The predicted molar refractivity (Wildman–Crippen MR) is 55.8 cm³/mol. The summed E-state index contributed by atoms with van der Waals surface area (Å²) in [5, 5.41) is 0.505. The van der Waals surface area contributed by atoms with Gasteiger partial charge in [0, 0.05) is 16.5 Å². The van der Waals surface area contributed by atoms with Crippen molar-refractivity contribution in [2.24, 2.45) is 0 Å². The fourth-order valence-corrected chi connectivity index (χ4v) is 1.90. The maximum Gasteiger partial charge on any atom is 0.226 e. The summed E-state index contributed by atoms with van der Waals surface area (Å²) in [6, 6.07) is 3.51. The van der Waals surface area contributed by atoms with E-state index in [0.717, 1.165) is 5.56 Å². The lowest BCUT2D eigenvalue weighted by atomic mass is 10.1. The molecule has 1 aromatic carbocycles. The van der Waals surface area contributed by atoms with E-state index in [1.807, 2.05) is 6.92 Å². The van der Waals surface area contributed by atoms with Gasteiger partial charge in [0.15, 0.2) is 0 Å². The molecule has 0 aromatic heterocycles. The summed E-state index contributed by atoms with van der Waals surface area (Å²) in [6.45, 7) is 1.88. The number of hydrogen-bond donors (Lipinski definition) is 0. The van der Waals surface area contributed by atoms with Crippen LogP contribution in [0.15, 0.2) is 12.1 Å². The van der Waals surface area contributed by atoms with Gasteiger partial charge in [-0.3, -0.25) is 4.79 Å². The standard InChI is InChI=1S/C9H7Cl3O/c1-5-2-7(10)6(4-9(12)13)8(11)3-5/h2-3H,4H2,1H3. The maximum absolute atomic E-state index is 10.7. The highest BCUT2D eigenvalue weighted by Gasteiger charge is 2.09. The SMILES string of the molecule is Cc1cc(Cl)c(CC(=O)Cl)c(Cl)c1. The number of rotatable bonds is 2. The first-order valence-electron chi connectivity index (χ1n) is 3.63. The van der Waals surface area contributed by atoms with Gasteiger partial charge < -0.3 is 0 Å². The molecule has 70 valence electrons. The molecule has 0 aliphatic heterocycles. The van der Waals surface area contributed by atoms with E-state index >= 15 is 0 Å². The summed E-state index contributed by atoms with van der Waals surface area (Å²) < 4.78 is 0. The lowest BCUT2D eigenvalue weighted by Crippen LogP contribution is -1.96. The van der Waals surface area contributed by atoms with Crippen molar-refractivity contribution in [3.63, 3.8) is 0 Å². The molecule has 1 rings (SSSR count). The number of benzene rings is 1. The largest absolute Gasteiger partial charge is 0.281 e. The molecule has 0 N–H and O–H groups in total. The van der Waals surface area contributed by atoms with Gasteiger partial charge in [0.2, 0.25) is 5.24 Å².